The molecule has 82 valence electrons. The average molecular weight is 224 g/mol. The number of halogens is 1. The fraction of sp³-hybridized carbons (Fsp3) is 0.750. The van der Waals surface area contributed by atoms with Crippen molar-refractivity contribution < 1.29 is 19.8 Å². The van der Waals surface area contributed by atoms with Gasteiger partial charge in [0.25, 0.3) is 0 Å². The minimum Gasteiger partial charge on any atom is -0.481 e. The number of hydrogen-bond acceptors (Lipinski definition) is 3. The van der Waals surface area contributed by atoms with Crippen LogP contribution in [0.3, 0.4) is 0 Å². The Morgan fingerprint density at radius 3 is 2.21 bits per heavy atom. The molecule has 0 aromatic carbocycles. The summed E-state index contributed by atoms with van der Waals surface area (Å²) >= 11 is 5.41. The number of rotatable bonds is 7. The van der Waals surface area contributed by atoms with Gasteiger partial charge in [0.15, 0.2) is 0 Å². The van der Waals surface area contributed by atoms with Crippen molar-refractivity contribution in [1.82, 2.24) is 0 Å². The van der Waals surface area contributed by atoms with Crippen LogP contribution >= 0.6 is 11.6 Å². The van der Waals surface area contributed by atoms with Crippen molar-refractivity contribution in [2.45, 2.75) is 25.3 Å². The first-order chi connectivity index (χ1) is 6.49. The van der Waals surface area contributed by atoms with Crippen LogP contribution in [-0.2, 0) is 9.59 Å². The van der Waals surface area contributed by atoms with Crippen molar-refractivity contribution in [2.75, 3.05) is 5.88 Å². The predicted molar refractivity (Wildman–Crippen MR) is 51.3 cm³/mol. The second kappa shape index (κ2) is 6.62. The van der Waals surface area contributed by atoms with Crippen LogP contribution in [0.4, 0.5) is 0 Å². The lowest BCUT2D eigenvalue weighted by Gasteiger charge is -2.13. The quantitative estimate of drug-likeness (QED) is 0.546. The van der Waals surface area contributed by atoms with Crippen LogP contribution in [0.1, 0.15) is 19.3 Å². The number of hydrogen-bond donors (Lipinski definition) is 3. The lowest BCUT2D eigenvalue weighted by atomic mass is 9.96. The number of carboxylic acid groups (broad SMARTS) is 2. The molecule has 0 radical (unpaired) electrons. The van der Waals surface area contributed by atoms with E-state index in [0.717, 1.165) is 0 Å². The van der Waals surface area contributed by atoms with Crippen LogP contribution in [0.5, 0.6) is 0 Å². The summed E-state index contributed by atoms with van der Waals surface area (Å²) in [5.41, 5.74) is 5.23. The van der Waals surface area contributed by atoms with E-state index in [0.29, 0.717) is 18.7 Å². The Morgan fingerprint density at radius 2 is 1.86 bits per heavy atom. The van der Waals surface area contributed by atoms with Crippen molar-refractivity contribution >= 4 is 23.5 Å². The van der Waals surface area contributed by atoms with Gasteiger partial charge in [0.1, 0.15) is 6.04 Å². The molecule has 0 aliphatic heterocycles. The summed E-state index contributed by atoms with van der Waals surface area (Å²) in [5.74, 6) is -2.56. The highest BCUT2D eigenvalue weighted by Gasteiger charge is 2.23. The molecule has 2 atom stereocenters. The molecule has 4 N–H and O–H groups in total. The van der Waals surface area contributed by atoms with E-state index in [1.807, 2.05) is 0 Å². The standard InChI is InChI=1S/C8H14ClNO4/c9-3-1-2-5(7(11)12)4-6(10)8(13)14/h5-6H,1-4,10H2,(H,11,12)(H,13,14). The Labute approximate surface area is 86.8 Å². The molecule has 0 bridgehead atoms. The molecule has 0 fully saturated rings. The predicted octanol–water partition coefficient (Wildman–Crippen LogP) is 0.508. The van der Waals surface area contributed by atoms with Gasteiger partial charge in [-0.15, -0.1) is 11.6 Å². The molecule has 0 rings (SSSR count). The lowest BCUT2D eigenvalue weighted by Crippen LogP contribution is -2.34. The molecule has 0 aromatic rings. The molecule has 0 spiro atoms. The SMILES string of the molecule is NC(CC(CCCCl)C(=O)O)C(=O)O. The molecule has 0 heterocycles. The van der Waals surface area contributed by atoms with E-state index < -0.39 is 23.9 Å². The molecule has 6 heteroatoms. The molecular weight excluding hydrogens is 210 g/mol. The van der Waals surface area contributed by atoms with Crippen molar-refractivity contribution in [3.05, 3.63) is 0 Å². The Morgan fingerprint density at radius 1 is 1.29 bits per heavy atom. The summed E-state index contributed by atoms with van der Waals surface area (Å²) in [6.07, 6.45) is 0.853. The molecule has 0 amide bonds. The second-order valence-corrected chi connectivity index (χ2v) is 3.42. The number of nitrogens with two attached hydrogens (primary N) is 1. The number of carbonyl (C=O) groups is 2. The average Bonchev–Trinajstić information content (AvgIpc) is 2.10. The maximum Gasteiger partial charge on any atom is 0.320 e. The number of aliphatic carboxylic acids is 2. The summed E-state index contributed by atoms with van der Waals surface area (Å²) in [7, 11) is 0. The molecule has 14 heavy (non-hydrogen) atoms. The van der Waals surface area contributed by atoms with E-state index in [9.17, 15) is 9.59 Å². The highest BCUT2D eigenvalue weighted by molar-refractivity contribution is 6.17. The molecule has 0 saturated heterocycles. The Balaban J connectivity index is 4.08. The lowest BCUT2D eigenvalue weighted by molar-refractivity contribution is -0.143. The first kappa shape index (κ1) is 13.2. The Hall–Kier alpha value is -0.810. The molecule has 5 nitrogen and oxygen atoms in total. The topological polar surface area (TPSA) is 101 Å². The summed E-state index contributed by atoms with van der Waals surface area (Å²) < 4.78 is 0. The monoisotopic (exact) mass is 223 g/mol. The Kier molecular flexibility index (Phi) is 6.23. The smallest absolute Gasteiger partial charge is 0.320 e. The van der Waals surface area contributed by atoms with Gasteiger partial charge in [-0.2, -0.15) is 0 Å². The zero-order chi connectivity index (χ0) is 11.1. The molecule has 0 aliphatic rings. The molecule has 0 aromatic heterocycles. The zero-order valence-electron chi connectivity index (χ0n) is 7.65. The van der Waals surface area contributed by atoms with Gasteiger partial charge in [0.05, 0.1) is 5.92 Å². The second-order valence-electron chi connectivity index (χ2n) is 3.05. The van der Waals surface area contributed by atoms with Gasteiger partial charge < -0.3 is 15.9 Å². The largest absolute Gasteiger partial charge is 0.481 e. The summed E-state index contributed by atoms with van der Waals surface area (Å²) in [6.45, 7) is 0. The number of carboxylic acids is 2. The highest BCUT2D eigenvalue weighted by atomic mass is 35.5. The summed E-state index contributed by atoms with van der Waals surface area (Å²) in [6, 6.07) is -1.12. The minimum absolute atomic E-state index is 0.0540. The van der Waals surface area contributed by atoms with Gasteiger partial charge >= 0.3 is 11.9 Å². The van der Waals surface area contributed by atoms with E-state index in [1.54, 1.807) is 0 Å². The number of alkyl halides is 1. The van der Waals surface area contributed by atoms with Crippen LogP contribution in [-0.4, -0.2) is 34.1 Å². The van der Waals surface area contributed by atoms with Crippen molar-refractivity contribution in [1.29, 1.82) is 0 Å². The summed E-state index contributed by atoms with van der Waals surface area (Å²) in [5, 5.41) is 17.2. The van der Waals surface area contributed by atoms with Gasteiger partial charge in [-0.3, -0.25) is 9.59 Å². The van der Waals surface area contributed by atoms with Gasteiger partial charge in [0.2, 0.25) is 0 Å². The van der Waals surface area contributed by atoms with E-state index in [2.05, 4.69) is 0 Å². The fourth-order valence-corrected chi connectivity index (χ4v) is 1.23. The van der Waals surface area contributed by atoms with Crippen LogP contribution in [0.15, 0.2) is 0 Å². The first-order valence-electron chi connectivity index (χ1n) is 4.26. The van der Waals surface area contributed by atoms with Crippen molar-refractivity contribution in [3.8, 4) is 0 Å². The first-order valence-corrected chi connectivity index (χ1v) is 4.79. The minimum atomic E-state index is -1.18. The maximum atomic E-state index is 10.7. The molecular formula is C8H14ClNO4. The summed E-state index contributed by atoms with van der Waals surface area (Å²) in [4.78, 5) is 21.1. The molecule has 2 unspecified atom stereocenters. The van der Waals surface area contributed by atoms with Crippen LogP contribution in [0.2, 0.25) is 0 Å². The third-order valence-corrected chi connectivity index (χ3v) is 2.16. The van der Waals surface area contributed by atoms with Crippen LogP contribution < -0.4 is 5.73 Å². The molecule has 0 aliphatic carbocycles. The van der Waals surface area contributed by atoms with E-state index in [-0.39, 0.29) is 6.42 Å². The normalized spacial score (nSPS) is 14.7. The zero-order valence-corrected chi connectivity index (χ0v) is 8.41. The van der Waals surface area contributed by atoms with Crippen molar-refractivity contribution in [2.24, 2.45) is 11.7 Å². The molecule has 0 saturated carbocycles. The third-order valence-electron chi connectivity index (χ3n) is 1.89. The fourth-order valence-electron chi connectivity index (χ4n) is 1.07. The maximum absolute atomic E-state index is 10.7. The van der Waals surface area contributed by atoms with Gasteiger partial charge in [-0.05, 0) is 19.3 Å². The van der Waals surface area contributed by atoms with Crippen LogP contribution in [0.25, 0.3) is 0 Å². The highest BCUT2D eigenvalue weighted by Crippen LogP contribution is 2.14. The van der Waals surface area contributed by atoms with Gasteiger partial charge in [-0.1, -0.05) is 0 Å². The van der Waals surface area contributed by atoms with Gasteiger partial charge in [0, 0.05) is 5.88 Å². The van der Waals surface area contributed by atoms with Crippen LogP contribution in [0, 0.1) is 5.92 Å². The Bertz CT molecular complexity index is 210. The third kappa shape index (κ3) is 5.04. The van der Waals surface area contributed by atoms with Gasteiger partial charge in [-0.25, -0.2) is 0 Å². The van der Waals surface area contributed by atoms with Crippen molar-refractivity contribution in [3.63, 3.8) is 0 Å². The van der Waals surface area contributed by atoms with E-state index in [4.69, 9.17) is 27.5 Å². The van der Waals surface area contributed by atoms with E-state index >= 15 is 0 Å². The van der Waals surface area contributed by atoms with E-state index in [1.165, 1.54) is 0 Å².